The van der Waals surface area contributed by atoms with E-state index < -0.39 is 5.97 Å². The van der Waals surface area contributed by atoms with Crippen molar-refractivity contribution in [2.24, 2.45) is 0 Å². The van der Waals surface area contributed by atoms with Crippen LogP contribution in [0.1, 0.15) is 10.4 Å². The molecule has 86 valence electrons. The molecule has 0 bridgehead atoms. The summed E-state index contributed by atoms with van der Waals surface area (Å²) in [6.45, 7) is 0. The van der Waals surface area contributed by atoms with Crippen molar-refractivity contribution >= 4 is 29.2 Å². The first kappa shape index (κ1) is 11.9. The van der Waals surface area contributed by atoms with Crippen LogP contribution in [0.15, 0.2) is 36.7 Å². The molecule has 1 heterocycles. The third-order valence-electron chi connectivity index (χ3n) is 2.28. The molecule has 1 aromatic heterocycles. The van der Waals surface area contributed by atoms with Crippen molar-refractivity contribution in [3.8, 4) is 11.1 Å². The Bertz CT molecular complexity index is 564. The first-order chi connectivity index (χ1) is 8.11. The summed E-state index contributed by atoms with van der Waals surface area (Å²) >= 11 is 12.1. The normalized spacial score (nSPS) is 10.2. The van der Waals surface area contributed by atoms with Crippen LogP contribution >= 0.6 is 23.2 Å². The number of benzene rings is 1. The second kappa shape index (κ2) is 4.73. The van der Waals surface area contributed by atoms with Crippen molar-refractivity contribution in [3.05, 3.63) is 52.3 Å². The van der Waals surface area contributed by atoms with Crippen LogP contribution in [0.25, 0.3) is 11.1 Å². The third-order valence-corrected chi connectivity index (χ3v) is 2.91. The van der Waals surface area contributed by atoms with Gasteiger partial charge in [0.15, 0.2) is 0 Å². The van der Waals surface area contributed by atoms with Crippen molar-refractivity contribution in [2.45, 2.75) is 0 Å². The smallest absolute Gasteiger partial charge is 0.336 e. The second-order valence-corrected chi connectivity index (χ2v) is 4.14. The lowest BCUT2D eigenvalue weighted by Gasteiger charge is -2.09. The topological polar surface area (TPSA) is 50.2 Å². The molecule has 0 aliphatic rings. The molecule has 0 unspecified atom stereocenters. The zero-order valence-corrected chi connectivity index (χ0v) is 10.0. The van der Waals surface area contributed by atoms with Crippen molar-refractivity contribution < 1.29 is 9.90 Å². The van der Waals surface area contributed by atoms with E-state index in [9.17, 15) is 4.79 Å². The van der Waals surface area contributed by atoms with Crippen LogP contribution in [-0.2, 0) is 0 Å². The number of halogens is 2. The maximum absolute atomic E-state index is 11.1. The molecule has 0 radical (unpaired) electrons. The van der Waals surface area contributed by atoms with E-state index in [-0.39, 0.29) is 5.56 Å². The number of aromatic nitrogens is 1. The Labute approximate surface area is 108 Å². The Morgan fingerprint density at radius 3 is 2.41 bits per heavy atom. The number of carbonyl (C=O) groups is 1. The molecule has 17 heavy (non-hydrogen) atoms. The van der Waals surface area contributed by atoms with Gasteiger partial charge in [-0.3, -0.25) is 4.98 Å². The van der Waals surface area contributed by atoms with Crippen LogP contribution in [0.4, 0.5) is 0 Å². The summed E-state index contributed by atoms with van der Waals surface area (Å²) < 4.78 is 0. The van der Waals surface area contributed by atoms with Gasteiger partial charge in [0.2, 0.25) is 0 Å². The largest absolute Gasteiger partial charge is 0.478 e. The Morgan fingerprint density at radius 2 is 1.82 bits per heavy atom. The van der Waals surface area contributed by atoms with Gasteiger partial charge in [0, 0.05) is 33.6 Å². The monoisotopic (exact) mass is 267 g/mol. The van der Waals surface area contributed by atoms with E-state index in [1.807, 2.05) is 0 Å². The lowest BCUT2D eigenvalue weighted by molar-refractivity contribution is 0.0697. The summed E-state index contributed by atoms with van der Waals surface area (Å²) in [5, 5.41) is 9.89. The molecule has 0 aliphatic carbocycles. The van der Waals surface area contributed by atoms with Gasteiger partial charge in [0.25, 0.3) is 0 Å². The minimum atomic E-state index is -1.04. The average Bonchev–Trinajstić information content (AvgIpc) is 2.29. The van der Waals surface area contributed by atoms with Crippen LogP contribution in [-0.4, -0.2) is 16.1 Å². The van der Waals surface area contributed by atoms with E-state index in [1.54, 1.807) is 18.2 Å². The van der Waals surface area contributed by atoms with Gasteiger partial charge in [0.1, 0.15) is 0 Å². The first-order valence-corrected chi connectivity index (χ1v) is 5.48. The zero-order chi connectivity index (χ0) is 12.4. The van der Waals surface area contributed by atoms with Crippen molar-refractivity contribution in [3.63, 3.8) is 0 Å². The Balaban J connectivity index is 2.73. The molecule has 0 amide bonds. The quantitative estimate of drug-likeness (QED) is 0.902. The molecule has 2 rings (SSSR count). The molecule has 0 atom stereocenters. The van der Waals surface area contributed by atoms with E-state index in [1.165, 1.54) is 18.5 Å². The van der Waals surface area contributed by atoms with Crippen molar-refractivity contribution in [2.75, 3.05) is 0 Å². The van der Waals surface area contributed by atoms with Crippen LogP contribution in [0.5, 0.6) is 0 Å². The summed E-state index contributed by atoms with van der Waals surface area (Å²) in [6, 6.07) is 6.42. The predicted molar refractivity (Wildman–Crippen MR) is 66.7 cm³/mol. The molecule has 1 N–H and O–H groups in total. The minimum absolute atomic E-state index is 0.120. The number of hydrogen-bond acceptors (Lipinski definition) is 2. The van der Waals surface area contributed by atoms with Gasteiger partial charge in [-0.05, 0) is 18.2 Å². The highest BCUT2D eigenvalue weighted by atomic mass is 35.5. The van der Waals surface area contributed by atoms with E-state index in [0.29, 0.717) is 21.2 Å². The van der Waals surface area contributed by atoms with Crippen LogP contribution in [0.2, 0.25) is 10.0 Å². The minimum Gasteiger partial charge on any atom is -0.478 e. The highest BCUT2D eigenvalue weighted by molar-refractivity contribution is 6.39. The predicted octanol–water partition coefficient (Wildman–Crippen LogP) is 3.75. The number of carboxylic acids is 1. The number of nitrogens with zero attached hydrogens (tertiary/aromatic N) is 1. The SMILES string of the molecule is O=C(O)c1ccncc1-c1c(Cl)cccc1Cl. The molecular weight excluding hydrogens is 261 g/mol. The standard InChI is InChI=1S/C12H7Cl2NO2/c13-9-2-1-3-10(14)11(9)8-6-15-5-4-7(8)12(16)17/h1-6H,(H,16,17). The number of hydrogen-bond donors (Lipinski definition) is 1. The van der Waals surface area contributed by atoms with Crippen LogP contribution in [0.3, 0.4) is 0 Å². The third kappa shape index (κ3) is 2.25. The van der Waals surface area contributed by atoms with Crippen LogP contribution < -0.4 is 0 Å². The van der Waals surface area contributed by atoms with Gasteiger partial charge in [-0.1, -0.05) is 29.3 Å². The van der Waals surface area contributed by atoms with Gasteiger partial charge in [-0.25, -0.2) is 4.79 Å². The van der Waals surface area contributed by atoms with Gasteiger partial charge in [-0.2, -0.15) is 0 Å². The summed E-state index contributed by atoms with van der Waals surface area (Å²) in [5.74, 6) is -1.04. The molecule has 1 aromatic carbocycles. The molecule has 0 spiro atoms. The molecule has 3 nitrogen and oxygen atoms in total. The highest BCUT2D eigenvalue weighted by Crippen LogP contribution is 2.35. The summed E-state index contributed by atoms with van der Waals surface area (Å²) in [7, 11) is 0. The number of pyridine rings is 1. The lowest BCUT2D eigenvalue weighted by atomic mass is 10.0. The van der Waals surface area contributed by atoms with E-state index in [0.717, 1.165) is 0 Å². The van der Waals surface area contributed by atoms with Crippen molar-refractivity contribution in [1.29, 1.82) is 0 Å². The molecule has 0 saturated carbocycles. The van der Waals surface area contributed by atoms with E-state index in [4.69, 9.17) is 28.3 Å². The fourth-order valence-electron chi connectivity index (χ4n) is 1.54. The number of carboxylic acid groups (broad SMARTS) is 1. The number of rotatable bonds is 2. The summed E-state index contributed by atoms with van der Waals surface area (Å²) in [6.07, 6.45) is 2.86. The molecule has 0 aliphatic heterocycles. The molecular formula is C12H7Cl2NO2. The first-order valence-electron chi connectivity index (χ1n) is 4.73. The fourth-order valence-corrected chi connectivity index (χ4v) is 2.14. The van der Waals surface area contributed by atoms with Gasteiger partial charge < -0.3 is 5.11 Å². The van der Waals surface area contributed by atoms with Gasteiger partial charge in [0.05, 0.1) is 5.56 Å². The Morgan fingerprint density at radius 1 is 1.18 bits per heavy atom. The van der Waals surface area contributed by atoms with Gasteiger partial charge >= 0.3 is 5.97 Å². The summed E-state index contributed by atoms with van der Waals surface area (Å²) in [5.41, 5.74) is 1.02. The van der Waals surface area contributed by atoms with E-state index >= 15 is 0 Å². The van der Waals surface area contributed by atoms with Gasteiger partial charge in [-0.15, -0.1) is 0 Å². The maximum Gasteiger partial charge on any atom is 0.336 e. The highest BCUT2D eigenvalue weighted by Gasteiger charge is 2.16. The molecule has 0 saturated heterocycles. The zero-order valence-electron chi connectivity index (χ0n) is 8.52. The summed E-state index contributed by atoms with van der Waals surface area (Å²) in [4.78, 5) is 15.0. The van der Waals surface area contributed by atoms with E-state index in [2.05, 4.69) is 4.98 Å². The molecule has 5 heteroatoms. The van der Waals surface area contributed by atoms with Crippen LogP contribution in [0, 0.1) is 0 Å². The molecule has 0 fully saturated rings. The number of aromatic carboxylic acids is 1. The average molecular weight is 268 g/mol. The maximum atomic E-state index is 11.1. The molecule has 2 aromatic rings. The fraction of sp³-hybridized carbons (Fsp3) is 0. The Hall–Kier alpha value is -1.58. The lowest BCUT2D eigenvalue weighted by Crippen LogP contribution is -2.00. The Kier molecular flexibility index (Phi) is 3.31. The van der Waals surface area contributed by atoms with Crippen molar-refractivity contribution in [1.82, 2.24) is 4.98 Å². The second-order valence-electron chi connectivity index (χ2n) is 3.32.